The predicted molar refractivity (Wildman–Crippen MR) is 96.6 cm³/mol. The zero-order chi connectivity index (χ0) is 19.3. The predicted octanol–water partition coefficient (Wildman–Crippen LogP) is 0.958. The van der Waals surface area contributed by atoms with E-state index in [0.717, 1.165) is 0 Å². The molecule has 8 nitrogen and oxygen atoms in total. The molecule has 0 saturated carbocycles. The largest absolute Gasteiger partial charge is 0.382 e. The molecule has 0 aromatic heterocycles. The number of ether oxygens (including phenoxy) is 7. The van der Waals surface area contributed by atoms with Gasteiger partial charge in [-0.2, -0.15) is 0 Å². The molecule has 0 unspecified atom stereocenters. The van der Waals surface area contributed by atoms with Crippen LogP contribution in [-0.4, -0.2) is 98.8 Å². The van der Waals surface area contributed by atoms with Gasteiger partial charge in [0, 0.05) is 13.0 Å². The molecule has 0 aliphatic rings. The van der Waals surface area contributed by atoms with Crippen LogP contribution in [0, 0.1) is 5.92 Å². The summed E-state index contributed by atoms with van der Waals surface area (Å²) in [4.78, 5) is 11.3. The molecule has 156 valence electrons. The van der Waals surface area contributed by atoms with E-state index in [4.69, 9.17) is 33.2 Å². The van der Waals surface area contributed by atoms with Gasteiger partial charge >= 0.3 is 0 Å². The van der Waals surface area contributed by atoms with E-state index in [9.17, 15) is 4.79 Å². The Morgan fingerprint density at radius 3 is 1.19 bits per heavy atom. The van der Waals surface area contributed by atoms with Gasteiger partial charge in [0.1, 0.15) is 6.61 Å². The van der Waals surface area contributed by atoms with E-state index >= 15 is 0 Å². The Morgan fingerprint density at radius 2 is 0.885 bits per heavy atom. The zero-order valence-corrected chi connectivity index (χ0v) is 16.5. The number of hydrogen-bond acceptors (Lipinski definition) is 8. The fourth-order valence-corrected chi connectivity index (χ4v) is 1.58. The van der Waals surface area contributed by atoms with Crippen molar-refractivity contribution in [2.24, 2.45) is 5.92 Å². The summed E-state index contributed by atoms with van der Waals surface area (Å²) in [5.74, 6) is 0.118. The summed E-state index contributed by atoms with van der Waals surface area (Å²) in [7, 11) is 1.64. The standard InChI is InChI=1S/C18H36O8/c1-17(2)18(19)16-26-15-14-25-13-12-24-11-10-23-9-8-22-7-6-21-5-4-20-3/h17H,4-16H2,1-3H3. The van der Waals surface area contributed by atoms with Crippen LogP contribution in [0.25, 0.3) is 0 Å². The lowest BCUT2D eigenvalue weighted by Gasteiger charge is -2.08. The molecule has 0 N–H and O–H groups in total. The van der Waals surface area contributed by atoms with Gasteiger partial charge in [-0.15, -0.1) is 0 Å². The van der Waals surface area contributed by atoms with Gasteiger partial charge in [-0.3, -0.25) is 4.79 Å². The Kier molecular flexibility index (Phi) is 20.2. The van der Waals surface area contributed by atoms with Crippen molar-refractivity contribution in [1.29, 1.82) is 0 Å². The van der Waals surface area contributed by atoms with Crippen molar-refractivity contribution in [2.75, 3.05) is 93.0 Å². The first-order valence-electron chi connectivity index (χ1n) is 9.16. The summed E-state index contributed by atoms with van der Waals surface area (Å²) >= 11 is 0. The maximum absolute atomic E-state index is 11.3. The molecule has 0 rings (SSSR count). The average molecular weight is 380 g/mol. The van der Waals surface area contributed by atoms with Crippen LogP contribution in [0.4, 0.5) is 0 Å². The molecule has 0 heterocycles. The summed E-state index contributed by atoms with van der Waals surface area (Å²) in [5, 5.41) is 0. The SMILES string of the molecule is COCCOCCOCCOCCOCCOCCOCC(=O)C(C)C. The van der Waals surface area contributed by atoms with Crippen molar-refractivity contribution in [2.45, 2.75) is 13.8 Å². The van der Waals surface area contributed by atoms with Gasteiger partial charge in [-0.05, 0) is 0 Å². The molecule has 0 amide bonds. The van der Waals surface area contributed by atoms with Gasteiger partial charge < -0.3 is 33.2 Å². The molecule has 8 heteroatoms. The van der Waals surface area contributed by atoms with Crippen molar-refractivity contribution in [3.05, 3.63) is 0 Å². The Bertz CT molecular complexity index is 299. The van der Waals surface area contributed by atoms with Crippen LogP contribution in [0.15, 0.2) is 0 Å². The van der Waals surface area contributed by atoms with Gasteiger partial charge in [0.15, 0.2) is 5.78 Å². The molecule has 0 fully saturated rings. The molecule has 26 heavy (non-hydrogen) atoms. The van der Waals surface area contributed by atoms with Crippen molar-refractivity contribution < 1.29 is 38.0 Å². The highest BCUT2D eigenvalue weighted by atomic mass is 16.6. The lowest BCUT2D eigenvalue weighted by Crippen LogP contribution is -2.17. The lowest BCUT2D eigenvalue weighted by atomic mass is 10.1. The van der Waals surface area contributed by atoms with E-state index in [1.807, 2.05) is 13.8 Å². The topological polar surface area (TPSA) is 81.7 Å². The second-order valence-corrected chi connectivity index (χ2v) is 5.73. The van der Waals surface area contributed by atoms with Crippen molar-refractivity contribution in [3.63, 3.8) is 0 Å². The molecule has 0 atom stereocenters. The summed E-state index contributed by atoms with van der Waals surface area (Å²) in [6.07, 6.45) is 0. The number of methoxy groups -OCH3 is 1. The Labute approximate surface area is 157 Å². The molecule has 0 aliphatic carbocycles. The van der Waals surface area contributed by atoms with Crippen molar-refractivity contribution in [1.82, 2.24) is 0 Å². The summed E-state index contributed by atoms with van der Waals surface area (Å²) in [5.41, 5.74) is 0. The minimum atomic E-state index is 0.0122. The zero-order valence-electron chi connectivity index (χ0n) is 16.5. The van der Waals surface area contributed by atoms with Crippen LogP contribution in [0.1, 0.15) is 13.8 Å². The molecular weight excluding hydrogens is 344 g/mol. The first kappa shape index (κ1) is 25.4. The van der Waals surface area contributed by atoms with Gasteiger partial charge in [0.25, 0.3) is 0 Å². The molecule has 0 aromatic rings. The van der Waals surface area contributed by atoms with Crippen LogP contribution < -0.4 is 0 Å². The number of hydrogen-bond donors (Lipinski definition) is 0. The Balaban J connectivity index is 3.04. The second-order valence-electron chi connectivity index (χ2n) is 5.73. The van der Waals surface area contributed by atoms with Crippen molar-refractivity contribution in [3.8, 4) is 0 Å². The molecule has 0 radical (unpaired) electrons. The maximum Gasteiger partial charge on any atom is 0.160 e. The Morgan fingerprint density at radius 1 is 0.577 bits per heavy atom. The third-order valence-electron chi connectivity index (χ3n) is 3.18. The van der Waals surface area contributed by atoms with Crippen LogP contribution in [0.2, 0.25) is 0 Å². The quantitative estimate of drug-likeness (QED) is 0.272. The van der Waals surface area contributed by atoms with E-state index in [1.165, 1.54) is 0 Å². The van der Waals surface area contributed by atoms with Crippen molar-refractivity contribution >= 4 is 5.78 Å². The smallest absolute Gasteiger partial charge is 0.160 e. The van der Waals surface area contributed by atoms with E-state index in [-0.39, 0.29) is 18.3 Å². The minimum absolute atomic E-state index is 0.0122. The van der Waals surface area contributed by atoms with Gasteiger partial charge in [0.2, 0.25) is 0 Å². The molecule has 0 aromatic carbocycles. The molecule has 0 bridgehead atoms. The molecule has 0 saturated heterocycles. The monoisotopic (exact) mass is 380 g/mol. The van der Waals surface area contributed by atoms with E-state index in [0.29, 0.717) is 79.3 Å². The van der Waals surface area contributed by atoms with Gasteiger partial charge in [-0.25, -0.2) is 0 Å². The second kappa shape index (κ2) is 20.7. The van der Waals surface area contributed by atoms with E-state index in [2.05, 4.69) is 0 Å². The number of ketones is 1. The van der Waals surface area contributed by atoms with Crippen LogP contribution in [0.5, 0.6) is 0 Å². The average Bonchev–Trinajstić information content (AvgIpc) is 2.63. The first-order valence-corrected chi connectivity index (χ1v) is 9.16. The highest BCUT2D eigenvalue weighted by molar-refractivity contribution is 5.81. The number of carbonyl (C=O) groups excluding carboxylic acids is 1. The van der Waals surface area contributed by atoms with E-state index in [1.54, 1.807) is 7.11 Å². The molecule has 0 aliphatic heterocycles. The van der Waals surface area contributed by atoms with Crippen LogP contribution in [-0.2, 0) is 38.0 Å². The Hall–Kier alpha value is -0.610. The minimum Gasteiger partial charge on any atom is -0.382 e. The number of carbonyl (C=O) groups is 1. The summed E-state index contributed by atoms with van der Waals surface area (Å²) in [6, 6.07) is 0. The maximum atomic E-state index is 11.3. The third kappa shape index (κ3) is 19.7. The molecule has 0 spiro atoms. The normalized spacial score (nSPS) is 11.4. The van der Waals surface area contributed by atoms with Gasteiger partial charge in [-0.1, -0.05) is 13.8 Å². The fraction of sp³-hybridized carbons (Fsp3) is 0.944. The first-order chi connectivity index (χ1) is 12.7. The lowest BCUT2D eigenvalue weighted by molar-refractivity contribution is -0.127. The number of rotatable bonds is 21. The van der Waals surface area contributed by atoms with E-state index < -0.39 is 0 Å². The summed E-state index contributed by atoms with van der Waals surface area (Å²) < 4.78 is 36.8. The third-order valence-corrected chi connectivity index (χ3v) is 3.18. The molecular formula is C18H36O8. The summed E-state index contributed by atoms with van der Waals surface area (Å²) in [6.45, 7) is 10.1. The fourth-order valence-electron chi connectivity index (χ4n) is 1.58. The van der Waals surface area contributed by atoms with Gasteiger partial charge in [0.05, 0.1) is 79.3 Å². The highest BCUT2D eigenvalue weighted by Gasteiger charge is 2.06. The highest BCUT2D eigenvalue weighted by Crippen LogP contribution is 1.94. The number of Topliss-reactive ketones (excluding diaryl/α,β-unsaturated/α-hetero) is 1. The van der Waals surface area contributed by atoms with Crippen LogP contribution in [0.3, 0.4) is 0 Å². The van der Waals surface area contributed by atoms with Crippen LogP contribution >= 0.6 is 0 Å².